The number of imide groups is 1. The Morgan fingerprint density at radius 3 is 2.67 bits per heavy atom. The molecule has 0 aromatic heterocycles. The number of amides is 3. The van der Waals surface area contributed by atoms with E-state index < -0.39 is 6.04 Å². The molecule has 21 heavy (non-hydrogen) atoms. The van der Waals surface area contributed by atoms with Crippen LogP contribution in [0.3, 0.4) is 0 Å². The minimum Gasteiger partial charge on any atom is -0.399 e. The number of hydrogen-bond donors (Lipinski definition) is 1. The number of nitrogens with two attached hydrogens (primary N) is 1. The van der Waals surface area contributed by atoms with Crippen LogP contribution in [0.5, 0.6) is 0 Å². The van der Waals surface area contributed by atoms with Gasteiger partial charge in [0.1, 0.15) is 6.04 Å². The third-order valence-electron chi connectivity index (χ3n) is 4.01. The van der Waals surface area contributed by atoms with Crippen LogP contribution >= 0.6 is 0 Å². The zero-order valence-electron chi connectivity index (χ0n) is 11.2. The molecule has 3 amide bonds. The van der Waals surface area contributed by atoms with Crippen LogP contribution in [0, 0.1) is 0 Å². The van der Waals surface area contributed by atoms with Gasteiger partial charge in [-0.1, -0.05) is 24.3 Å². The zero-order chi connectivity index (χ0) is 14.6. The van der Waals surface area contributed by atoms with Crippen molar-refractivity contribution in [2.45, 2.75) is 12.5 Å². The van der Waals surface area contributed by atoms with Crippen molar-refractivity contribution in [1.82, 2.24) is 0 Å². The predicted octanol–water partition coefficient (Wildman–Crippen LogP) is 2.17. The Labute approximate surface area is 121 Å². The molecule has 0 spiro atoms. The minimum atomic E-state index is -0.434. The monoisotopic (exact) mass is 279 g/mol. The van der Waals surface area contributed by atoms with E-state index in [-0.39, 0.29) is 11.9 Å². The smallest absolute Gasteiger partial charge is 0.336 e. The molecule has 5 heteroatoms. The highest BCUT2D eigenvalue weighted by Gasteiger charge is 2.50. The Kier molecular flexibility index (Phi) is 2.33. The maximum absolute atomic E-state index is 12.7. The first-order chi connectivity index (χ1) is 10.2. The van der Waals surface area contributed by atoms with Crippen LogP contribution in [0.15, 0.2) is 48.5 Å². The normalized spacial score (nSPS) is 19.9. The van der Waals surface area contributed by atoms with E-state index >= 15 is 0 Å². The summed E-state index contributed by atoms with van der Waals surface area (Å²) >= 11 is 0. The number of carbonyl (C=O) groups excluding carboxylic acids is 2. The second kappa shape index (κ2) is 4.09. The van der Waals surface area contributed by atoms with Crippen molar-refractivity contribution in [3.63, 3.8) is 0 Å². The fourth-order valence-electron chi connectivity index (χ4n) is 3.07. The van der Waals surface area contributed by atoms with Crippen LogP contribution in [0.25, 0.3) is 0 Å². The van der Waals surface area contributed by atoms with E-state index in [0.29, 0.717) is 17.8 Å². The van der Waals surface area contributed by atoms with Gasteiger partial charge in [0.25, 0.3) is 5.91 Å². The molecule has 2 aromatic rings. The number of urea groups is 1. The Balaban J connectivity index is 1.79. The Bertz CT molecular complexity index is 772. The molecule has 0 unspecified atom stereocenters. The lowest BCUT2D eigenvalue weighted by molar-refractivity contribution is -0.117. The van der Waals surface area contributed by atoms with Gasteiger partial charge in [-0.3, -0.25) is 9.69 Å². The number of nitrogens with zero attached hydrogens (tertiary/aromatic N) is 2. The molecule has 2 heterocycles. The first-order valence-corrected chi connectivity index (χ1v) is 6.77. The molecule has 0 aliphatic carbocycles. The summed E-state index contributed by atoms with van der Waals surface area (Å²) in [6.07, 6.45) is 0.569. The van der Waals surface area contributed by atoms with Crippen molar-refractivity contribution < 1.29 is 9.59 Å². The summed E-state index contributed by atoms with van der Waals surface area (Å²) in [6.45, 7) is 0. The van der Waals surface area contributed by atoms with E-state index in [1.54, 1.807) is 29.2 Å². The lowest BCUT2D eigenvalue weighted by Crippen LogP contribution is -2.33. The van der Waals surface area contributed by atoms with Crippen LogP contribution in [-0.4, -0.2) is 18.0 Å². The number of carbonyl (C=O) groups is 2. The fraction of sp³-hybridized carbons (Fsp3) is 0.125. The van der Waals surface area contributed by atoms with Gasteiger partial charge < -0.3 is 5.73 Å². The Hall–Kier alpha value is -2.82. The second-order valence-corrected chi connectivity index (χ2v) is 5.27. The van der Waals surface area contributed by atoms with Crippen LogP contribution in [0.4, 0.5) is 21.9 Å². The molecule has 104 valence electrons. The molecule has 1 atom stereocenters. The van der Waals surface area contributed by atoms with Gasteiger partial charge >= 0.3 is 6.03 Å². The molecule has 1 saturated heterocycles. The molecule has 2 aliphatic rings. The molecule has 2 N–H and O–H groups in total. The molecule has 2 aromatic carbocycles. The van der Waals surface area contributed by atoms with Crippen LogP contribution < -0.4 is 15.5 Å². The van der Waals surface area contributed by atoms with E-state index in [1.807, 2.05) is 24.3 Å². The summed E-state index contributed by atoms with van der Waals surface area (Å²) < 4.78 is 0. The van der Waals surface area contributed by atoms with Crippen molar-refractivity contribution in [2.75, 3.05) is 15.5 Å². The molecule has 0 radical (unpaired) electrons. The largest absolute Gasteiger partial charge is 0.399 e. The zero-order valence-corrected chi connectivity index (χ0v) is 11.2. The van der Waals surface area contributed by atoms with E-state index in [9.17, 15) is 9.59 Å². The third-order valence-corrected chi connectivity index (χ3v) is 4.01. The molecule has 0 bridgehead atoms. The standard InChI is InChI=1S/C16H13N3O2/c17-11-5-3-6-12(9-11)18-15(20)14-8-10-4-1-2-7-13(10)19(14)16(18)21/h1-7,9,14H,8,17H2/t14-/m0/s1. The maximum Gasteiger partial charge on any atom is 0.336 e. The van der Waals surface area contributed by atoms with E-state index in [2.05, 4.69) is 0 Å². The number of rotatable bonds is 1. The van der Waals surface area contributed by atoms with Gasteiger partial charge in [0.05, 0.1) is 5.69 Å². The number of anilines is 3. The summed E-state index contributed by atoms with van der Waals surface area (Å²) in [5.41, 5.74) is 8.66. The number of hydrogen-bond acceptors (Lipinski definition) is 3. The molecular formula is C16H13N3O2. The molecule has 0 saturated carbocycles. The number of fused-ring (bicyclic) bond motifs is 3. The average Bonchev–Trinajstić information content (AvgIpc) is 2.96. The lowest BCUT2D eigenvalue weighted by atomic mass is 10.1. The van der Waals surface area contributed by atoms with Gasteiger partial charge in [-0.05, 0) is 29.8 Å². The van der Waals surface area contributed by atoms with Gasteiger partial charge in [0.15, 0.2) is 0 Å². The van der Waals surface area contributed by atoms with Crippen LogP contribution in [0.2, 0.25) is 0 Å². The van der Waals surface area contributed by atoms with Gasteiger partial charge in [-0.2, -0.15) is 0 Å². The summed E-state index contributed by atoms with van der Waals surface area (Å²) in [5.74, 6) is -0.193. The minimum absolute atomic E-state index is 0.193. The predicted molar refractivity (Wildman–Crippen MR) is 80.1 cm³/mol. The Morgan fingerprint density at radius 2 is 1.86 bits per heavy atom. The molecule has 5 nitrogen and oxygen atoms in total. The second-order valence-electron chi connectivity index (χ2n) is 5.27. The topological polar surface area (TPSA) is 66.6 Å². The summed E-state index contributed by atoms with van der Waals surface area (Å²) in [6, 6.07) is 13.7. The van der Waals surface area contributed by atoms with Crippen molar-refractivity contribution in [2.24, 2.45) is 0 Å². The highest BCUT2D eigenvalue weighted by molar-refractivity contribution is 6.29. The summed E-state index contributed by atoms with van der Waals surface area (Å²) in [7, 11) is 0. The van der Waals surface area contributed by atoms with Gasteiger partial charge in [-0.25, -0.2) is 9.69 Å². The van der Waals surface area contributed by atoms with Gasteiger partial charge in [0.2, 0.25) is 0 Å². The molecule has 1 fully saturated rings. The SMILES string of the molecule is Nc1cccc(N2C(=O)[C@@H]3Cc4ccccc4N3C2=O)c1. The highest BCUT2D eigenvalue weighted by atomic mass is 16.2. The average molecular weight is 279 g/mol. The number of para-hydroxylation sites is 1. The maximum atomic E-state index is 12.7. The van der Waals surface area contributed by atoms with Gasteiger partial charge in [0, 0.05) is 17.8 Å². The molecule has 2 aliphatic heterocycles. The van der Waals surface area contributed by atoms with Crippen molar-refractivity contribution >= 4 is 29.0 Å². The number of benzene rings is 2. The molecule has 4 rings (SSSR count). The quantitative estimate of drug-likeness (QED) is 0.642. The van der Waals surface area contributed by atoms with Crippen molar-refractivity contribution in [3.8, 4) is 0 Å². The number of nitrogen functional groups attached to an aromatic ring is 1. The van der Waals surface area contributed by atoms with Crippen molar-refractivity contribution in [1.29, 1.82) is 0 Å². The molecular weight excluding hydrogens is 266 g/mol. The van der Waals surface area contributed by atoms with E-state index in [4.69, 9.17) is 5.73 Å². The first kappa shape index (κ1) is 12.0. The lowest BCUT2D eigenvalue weighted by Gasteiger charge is -2.17. The highest BCUT2D eigenvalue weighted by Crippen LogP contribution is 2.39. The van der Waals surface area contributed by atoms with Crippen LogP contribution in [-0.2, 0) is 11.2 Å². The van der Waals surface area contributed by atoms with Crippen LogP contribution in [0.1, 0.15) is 5.56 Å². The summed E-state index contributed by atoms with van der Waals surface area (Å²) in [4.78, 5) is 28.1. The first-order valence-electron chi connectivity index (χ1n) is 6.77. The van der Waals surface area contributed by atoms with Gasteiger partial charge in [-0.15, -0.1) is 0 Å². The summed E-state index contributed by atoms with van der Waals surface area (Å²) in [5, 5.41) is 0. The van der Waals surface area contributed by atoms with E-state index in [1.165, 1.54) is 4.90 Å². The van der Waals surface area contributed by atoms with E-state index in [0.717, 1.165) is 11.3 Å². The fourth-order valence-corrected chi connectivity index (χ4v) is 3.07. The third kappa shape index (κ3) is 1.57. The Morgan fingerprint density at radius 1 is 1.05 bits per heavy atom. The van der Waals surface area contributed by atoms with Crippen molar-refractivity contribution in [3.05, 3.63) is 54.1 Å².